The number of rotatable bonds is 10. The van der Waals surface area contributed by atoms with Crippen molar-refractivity contribution in [3.63, 3.8) is 0 Å². The molecule has 0 aliphatic carbocycles. The third kappa shape index (κ3) is 6.09. The van der Waals surface area contributed by atoms with Gasteiger partial charge in [-0.1, -0.05) is 44.2 Å². The summed E-state index contributed by atoms with van der Waals surface area (Å²) in [5.41, 5.74) is 1.79. The molecule has 2 aromatic rings. The molecule has 1 heterocycles. The highest BCUT2D eigenvalue weighted by atomic mass is 19.1. The molecule has 0 radical (unpaired) electrons. The molecule has 0 aromatic heterocycles. The van der Waals surface area contributed by atoms with Gasteiger partial charge >= 0.3 is 0 Å². The van der Waals surface area contributed by atoms with Crippen molar-refractivity contribution in [2.45, 2.75) is 32.1 Å². The van der Waals surface area contributed by atoms with Gasteiger partial charge in [0.15, 0.2) is 0 Å². The van der Waals surface area contributed by atoms with Gasteiger partial charge in [0.2, 0.25) is 0 Å². The highest BCUT2D eigenvalue weighted by molar-refractivity contribution is 5.45. The summed E-state index contributed by atoms with van der Waals surface area (Å²) in [6, 6.07) is 19.7. The maximum absolute atomic E-state index is 13.1. The molecule has 1 aliphatic heterocycles. The average molecular weight is 437 g/mol. The van der Waals surface area contributed by atoms with Crippen LogP contribution in [0.1, 0.15) is 32.3 Å². The van der Waals surface area contributed by atoms with E-state index in [2.05, 4.69) is 53.8 Å². The first-order valence-electron chi connectivity index (χ1n) is 11.8. The molecular weight excluding hydrogens is 399 g/mol. The second-order valence-corrected chi connectivity index (χ2v) is 9.29. The van der Waals surface area contributed by atoms with Crippen LogP contribution in [0.4, 0.5) is 10.1 Å². The predicted octanol–water partition coefficient (Wildman–Crippen LogP) is 4.78. The molecule has 172 valence electrons. The Morgan fingerprint density at radius 3 is 2.12 bits per heavy atom. The van der Waals surface area contributed by atoms with Crippen molar-refractivity contribution in [2.75, 3.05) is 57.8 Å². The average Bonchev–Trinajstić information content (AvgIpc) is 2.82. The van der Waals surface area contributed by atoms with Gasteiger partial charge in [0.05, 0.1) is 11.5 Å². The van der Waals surface area contributed by atoms with Gasteiger partial charge in [0.25, 0.3) is 0 Å². The van der Waals surface area contributed by atoms with Gasteiger partial charge < -0.3 is 9.80 Å². The number of nitriles is 1. The van der Waals surface area contributed by atoms with E-state index < -0.39 is 5.41 Å². The van der Waals surface area contributed by atoms with Gasteiger partial charge in [-0.25, -0.2) is 4.39 Å². The molecule has 0 amide bonds. The van der Waals surface area contributed by atoms with Crippen molar-refractivity contribution in [3.05, 3.63) is 66.0 Å². The summed E-state index contributed by atoms with van der Waals surface area (Å²) in [5.74, 6) is 0.0901. The molecule has 0 spiro atoms. The minimum absolute atomic E-state index is 0.192. The first-order chi connectivity index (χ1) is 15.4. The molecule has 0 bridgehead atoms. The number of halogens is 1. The van der Waals surface area contributed by atoms with Crippen LogP contribution in [0.5, 0.6) is 0 Å². The zero-order valence-electron chi connectivity index (χ0n) is 19.8. The fraction of sp³-hybridized carbons (Fsp3) is 0.519. The summed E-state index contributed by atoms with van der Waals surface area (Å²) >= 11 is 0. The molecule has 1 unspecified atom stereocenters. The molecule has 1 fully saturated rings. The summed E-state index contributed by atoms with van der Waals surface area (Å²) in [4.78, 5) is 7.23. The fourth-order valence-corrected chi connectivity index (χ4v) is 4.69. The standard InChI is InChI=1S/C27H37FN4/c1-23(2)27(22-29,24-8-5-4-6-9-24)14-7-15-31-18-20-32(21-19-31)17-16-30(3)26-12-10-25(28)11-13-26/h4-6,8-13,23H,7,14-21H2,1-3H3. The number of benzene rings is 2. The molecule has 1 aliphatic rings. The van der Waals surface area contributed by atoms with E-state index in [9.17, 15) is 9.65 Å². The minimum atomic E-state index is -0.409. The SMILES string of the molecule is CC(C)C(C#N)(CCCN1CCN(CCN(C)c2ccc(F)cc2)CC1)c1ccccc1. The Kier molecular flexibility index (Phi) is 8.67. The van der Waals surface area contributed by atoms with Crippen LogP contribution in [0.25, 0.3) is 0 Å². The van der Waals surface area contributed by atoms with Crippen LogP contribution in [0.3, 0.4) is 0 Å². The van der Waals surface area contributed by atoms with E-state index in [0.29, 0.717) is 0 Å². The zero-order chi connectivity index (χ0) is 23.0. The topological polar surface area (TPSA) is 33.5 Å². The largest absolute Gasteiger partial charge is 0.373 e. The van der Waals surface area contributed by atoms with E-state index in [1.807, 2.05) is 30.3 Å². The van der Waals surface area contributed by atoms with Crippen molar-refractivity contribution < 1.29 is 4.39 Å². The lowest BCUT2D eigenvalue weighted by atomic mass is 9.70. The Balaban J connectivity index is 1.42. The number of anilines is 1. The smallest absolute Gasteiger partial charge is 0.123 e. The molecular formula is C27H37FN4. The first kappa shape index (κ1) is 24.2. The Labute approximate surface area is 193 Å². The van der Waals surface area contributed by atoms with Gasteiger partial charge in [-0.2, -0.15) is 5.26 Å². The van der Waals surface area contributed by atoms with E-state index in [1.54, 1.807) is 0 Å². The predicted molar refractivity (Wildman–Crippen MR) is 130 cm³/mol. The second kappa shape index (κ2) is 11.4. The molecule has 1 saturated heterocycles. The van der Waals surface area contributed by atoms with Gasteiger partial charge in [-0.3, -0.25) is 4.90 Å². The third-order valence-electron chi connectivity index (χ3n) is 7.00. The number of likely N-dealkylation sites (N-methyl/N-ethyl adjacent to an activating group) is 1. The number of piperazine rings is 1. The molecule has 32 heavy (non-hydrogen) atoms. The van der Waals surface area contributed by atoms with E-state index in [1.165, 1.54) is 12.1 Å². The van der Waals surface area contributed by atoms with Crippen molar-refractivity contribution in [1.29, 1.82) is 5.26 Å². The van der Waals surface area contributed by atoms with Gasteiger partial charge in [-0.05, 0) is 55.1 Å². The summed E-state index contributed by atoms with van der Waals surface area (Å²) in [7, 11) is 2.06. The van der Waals surface area contributed by atoms with Crippen LogP contribution >= 0.6 is 0 Å². The normalized spacial score (nSPS) is 17.1. The Morgan fingerprint density at radius 2 is 1.56 bits per heavy atom. The maximum Gasteiger partial charge on any atom is 0.123 e. The zero-order valence-corrected chi connectivity index (χ0v) is 19.8. The minimum Gasteiger partial charge on any atom is -0.373 e. The van der Waals surface area contributed by atoms with E-state index in [0.717, 1.165) is 69.9 Å². The van der Waals surface area contributed by atoms with Crippen molar-refractivity contribution in [2.24, 2.45) is 5.92 Å². The summed E-state index contributed by atoms with van der Waals surface area (Å²) in [5, 5.41) is 10.1. The molecule has 0 N–H and O–H groups in total. The summed E-state index contributed by atoms with van der Waals surface area (Å²) in [6.07, 6.45) is 1.93. The Morgan fingerprint density at radius 1 is 0.969 bits per heavy atom. The van der Waals surface area contributed by atoms with Crippen LogP contribution in [0.15, 0.2) is 54.6 Å². The molecule has 5 heteroatoms. The molecule has 4 nitrogen and oxygen atoms in total. The van der Waals surface area contributed by atoms with E-state index in [4.69, 9.17) is 0 Å². The molecule has 1 atom stereocenters. The lowest BCUT2D eigenvalue weighted by Crippen LogP contribution is -2.48. The lowest BCUT2D eigenvalue weighted by Gasteiger charge is -2.37. The fourth-order valence-electron chi connectivity index (χ4n) is 4.69. The summed E-state index contributed by atoms with van der Waals surface area (Å²) < 4.78 is 13.1. The monoisotopic (exact) mass is 436 g/mol. The van der Waals surface area contributed by atoms with Crippen LogP contribution in [0.2, 0.25) is 0 Å². The highest BCUT2D eigenvalue weighted by Gasteiger charge is 2.35. The van der Waals surface area contributed by atoms with Gasteiger partial charge in [-0.15, -0.1) is 0 Å². The number of nitrogens with zero attached hydrogens (tertiary/aromatic N) is 4. The molecule has 2 aromatic carbocycles. The Hall–Kier alpha value is -2.42. The maximum atomic E-state index is 13.1. The van der Waals surface area contributed by atoms with Crippen LogP contribution < -0.4 is 4.90 Å². The van der Waals surface area contributed by atoms with Gasteiger partial charge in [0.1, 0.15) is 5.82 Å². The van der Waals surface area contributed by atoms with Crippen LogP contribution in [-0.4, -0.2) is 62.7 Å². The lowest BCUT2D eigenvalue weighted by molar-refractivity contribution is 0.131. The Bertz CT molecular complexity index is 853. The van der Waals surface area contributed by atoms with E-state index >= 15 is 0 Å². The quantitative estimate of drug-likeness (QED) is 0.537. The number of hydrogen-bond donors (Lipinski definition) is 0. The van der Waals surface area contributed by atoms with Crippen LogP contribution in [-0.2, 0) is 5.41 Å². The first-order valence-corrected chi connectivity index (χ1v) is 11.8. The van der Waals surface area contributed by atoms with Crippen molar-refractivity contribution >= 4 is 5.69 Å². The van der Waals surface area contributed by atoms with Crippen molar-refractivity contribution in [1.82, 2.24) is 9.80 Å². The van der Waals surface area contributed by atoms with Crippen LogP contribution in [0, 0.1) is 23.1 Å². The van der Waals surface area contributed by atoms with Crippen molar-refractivity contribution in [3.8, 4) is 6.07 Å². The summed E-state index contributed by atoms with van der Waals surface area (Å²) in [6.45, 7) is 11.6. The number of hydrogen-bond acceptors (Lipinski definition) is 4. The highest BCUT2D eigenvalue weighted by Crippen LogP contribution is 2.36. The van der Waals surface area contributed by atoms with Gasteiger partial charge in [0, 0.05) is 52.0 Å². The second-order valence-electron chi connectivity index (χ2n) is 9.29. The van der Waals surface area contributed by atoms with E-state index in [-0.39, 0.29) is 11.7 Å². The molecule has 3 rings (SSSR count). The third-order valence-corrected chi connectivity index (χ3v) is 7.00. The molecule has 0 saturated carbocycles.